The number of nitro benzene ring substituents is 1. The van der Waals surface area contributed by atoms with Crippen LogP contribution in [0.15, 0.2) is 24.3 Å². The smallest absolute Gasteiger partial charge is 0.269 e. The van der Waals surface area contributed by atoms with Gasteiger partial charge >= 0.3 is 0 Å². The standard InChI is InChI=1S/C17H23N3O3/c21-16(5-4-14-2-1-3-15(12-14)20(22)23)19-10-7-17(8-11-19)6-9-18-13-17/h1-3,12,18H,4-11,13H2. The first-order valence-electron chi connectivity index (χ1n) is 8.30. The first-order chi connectivity index (χ1) is 11.1. The number of hydrogen-bond donors (Lipinski definition) is 1. The fourth-order valence-electron chi connectivity index (χ4n) is 3.69. The van der Waals surface area contributed by atoms with Gasteiger partial charge in [0.2, 0.25) is 5.91 Å². The van der Waals surface area contributed by atoms with Crippen molar-refractivity contribution in [3.8, 4) is 0 Å². The lowest BCUT2D eigenvalue weighted by atomic mass is 9.78. The van der Waals surface area contributed by atoms with E-state index < -0.39 is 4.92 Å². The number of benzene rings is 1. The molecule has 0 radical (unpaired) electrons. The average Bonchev–Trinajstić information content (AvgIpc) is 3.01. The van der Waals surface area contributed by atoms with Gasteiger partial charge in [0.25, 0.3) is 5.69 Å². The Bertz CT molecular complexity index is 587. The Kier molecular flexibility index (Phi) is 4.61. The molecule has 2 saturated heterocycles. The van der Waals surface area contributed by atoms with Crippen LogP contribution in [0.5, 0.6) is 0 Å². The average molecular weight is 317 g/mol. The molecule has 2 aliphatic rings. The van der Waals surface area contributed by atoms with Gasteiger partial charge in [-0.05, 0) is 43.2 Å². The zero-order valence-corrected chi connectivity index (χ0v) is 13.3. The third-order valence-corrected chi connectivity index (χ3v) is 5.26. The fraction of sp³-hybridized carbons (Fsp3) is 0.588. The Labute approximate surface area is 136 Å². The molecule has 23 heavy (non-hydrogen) atoms. The van der Waals surface area contributed by atoms with Gasteiger partial charge in [-0.3, -0.25) is 14.9 Å². The van der Waals surface area contributed by atoms with E-state index in [1.807, 2.05) is 11.0 Å². The summed E-state index contributed by atoms with van der Waals surface area (Å²) in [5.74, 6) is 0.164. The summed E-state index contributed by atoms with van der Waals surface area (Å²) < 4.78 is 0. The van der Waals surface area contributed by atoms with Crippen LogP contribution in [0.25, 0.3) is 0 Å². The first-order valence-corrected chi connectivity index (χ1v) is 8.30. The van der Waals surface area contributed by atoms with E-state index in [1.54, 1.807) is 12.1 Å². The predicted octanol–water partition coefficient (Wildman–Crippen LogP) is 2.13. The molecule has 3 rings (SSSR count). The monoisotopic (exact) mass is 317 g/mol. The topological polar surface area (TPSA) is 75.5 Å². The summed E-state index contributed by atoms with van der Waals surface area (Å²) in [4.78, 5) is 24.7. The number of nitrogens with zero attached hydrogens (tertiary/aromatic N) is 2. The van der Waals surface area contributed by atoms with E-state index >= 15 is 0 Å². The van der Waals surface area contributed by atoms with Gasteiger partial charge in [-0.1, -0.05) is 12.1 Å². The number of nitro groups is 1. The molecule has 6 heteroatoms. The van der Waals surface area contributed by atoms with E-state index in [2.05, 4.69) is 5.32 Å². The van der Waals surface area contributed by atoms with E-state index in [9.17, 15) is 14.9 Å². The first kappa shape index (κ1) is 15.9. The molecule has 1 aromatic rings. The Balaban J connectivity index is 1.50. The lowest BCUT2D eigenvalue weighted by molar-refractivity contribution is -0.384. The van der Waals surface area contributed by atoms with Crippen molar-refractivity contribution >= 4 is 11.6 Å². The third kappa shape index (κ3) is 3.69. The Hall–Kier alpha value is -1.95. The van der Waals surface area contributed by atoms with Crippen LogP contribution in [0.2, 0.25) is 0 Å². The van der Waals surface area contributed by atoms with Crippen LogP contribution in [0.1, 0.15) is 31.2 Å². The largest absolute Gasteiger partial charge is 0.343 e. The van der Waals surface area contributed by atoms with Crippen LogP contribution in [0, 0.1) is 15.5 Å². The lowest BCUT2D eigenvalue weighted by Crippen LogP contribution is -2.44. The van der Waals surface area contributed by atoms with Crippen molar-refractivity contribution in [2.24, 2.45) is 5.41 Å². The second-order valence-corrected chi connectivity index (χ2v) is 6.73. The number of aryl methyl sites for hydroxylation is 1. The molecule has 1 spiro atoms. The Morgan fingerprint density at radius 2 is 2.09 bits per heavy atom. The number of rotatable bonds is 4. The molecule has 0 aromatic heterocycles. The summed E-state index contributed by atoms with van der Waals surface area (Å²) in [6.45, 7) is 3.87. The van der Waals surface area contributed by atoms with Gasteiger partial charge in [-0.2, -0.15) is 0 Å². The van der Waals surface area contributed by atoms with Crippen molar-refractivity contribution in [1.82, 2.24) is 10.2 Å². The minimum Gasteiger partial charge on any atom is -0.343 e. The molecule has 0 atom stereocenters. The molecule has 2 fully saturated rings. The van der Waals surface area contributed by atoms with Crippen LogP contribution in [-0.2, 0) is 11.2 Å². The van der Waals surface area contributed by atoms with Crippen molar-refractivity contribution in [2.45, 2.75) is 32.1 Å². The summed E-state index contributed by atoms with van der Waals surface area (Å²) in [6.07, 6.45) is 4.38. The van der Waals surface area contributed by atoms with Crippen LogP contribution in [0.3, 0.4) is 0 Å². The van der Waals surface area contributed by atoms with E-state index in [4.69, 9.17) is 0 Å². The van der Waals surface area contributed by atoms with Crippen LogP contribution in [-0.4, -0.2) is 41.9 Å². The van der Waals surface area contributed by atoms with Gasteiger partial charge in [0.1, 0.15) is 0 Å². The normalized spacial score (nSPS) is 19.9. The van der Waals surface area contributed by atoms with Gasteiger partial charge in [0, 0.05) is 38.2 Å². The highest BCUT2D eigenvalue weighted by molar-refractivity contribution is 5.76. The fourth-order valence-corrected chi connectivity index (χ4v) is 3.69. The maximum absolute atomic E-state index is 12.4. The number of likely N-dealkylation sites (tertiary alicyclic amines) is 1. The van der Waals surface area contributed by atoms with Gasteiger partial charge in [0.15, 0.2) is 0 Å². The van der Waals surface area contributed by atoms with Crippen LogP contribution in [0.4, 0.5) is 5.69 Å². The number of carbonyl (C=O) groups is 1. The maximum atomic E-state index is 12.4. The summed E-state index contributed by atoms with van der Waals surface area (Å²) in [7, 11) is 0. The molecular formula is C17H23N3O3. The van der Waals surface area contributed by atoms with E-state index in [0.29, 0.717) is 18.3 Å². The lowest BCUT2D eigenvalue weighted by Gasteiger charge is -2.39. The molecule has 0 unspecified atom stereocenters. The van der Waals surface area contributed by atoms with Crippen molar-refractivity contribution in [3.63, 3.8) is 0 Å². The number of hydrogen-bond acceptors (Lipinski definition) is 4. The van der Waals surface area contributed by atoms with Crippen molar-refractivity contribution in [3.05, 3.63) is 39.9 Å². The molecule has 2 heterocycles. The highest BCUT2D eigenvalue weighted by Crippen LogP contribution is 2.37. The van der Waals surface area contributed by atoms with Crippen LogP contribution >= 0.6 is 0 Å². The van der Waals surface area contributed by atoms with E-state index in [1.165, 1.54) is 12.5 Å². The van der Waals surface area contributed by atoms with Crippen LogP contribution < -0.4 is 5.32 Å². The van der Waals surface area contributed by atoms with Gasteiger partial charge in [-0.25, -0.2) is 0 Å². The summed E-state index contributed by atoms with van der Waals surface area (Å²) >= 11 is 0. The third-order valence-electron chi connectivity index (χ3n) is 5.26. The molecule has 1 aromatic carbocycles. The predicted molar refractivity (Wildman–Crippen MR) is 87.2 cm³/mol. The van der Waals surface area contributed by atoms with E-state index in [0.717, 1.165) is 44.6 Å². The molecule has 1 amide bonds. The molecule has 2 aliphatic heterocycles. The minimum atomic E-state index is -0.398. The minimum absolute atomic E-state index is 0.0867. The molecule has 0 aliphatic carbocycles. The Morgan fingerprint density at radius 1 is 1.30 bits per heavy atom. The zero-order valence-electron chi connectivity index (χ0n) is 13.3. The maximum Gasteiger partial charge on any atom is 0.269 e. The van der Waals surface area contributed by atoms with Gasteiger partial charge < -0.3 is 10.2 Å². The quantitative estimate of drug-likeness (QED) is 0.682. The van der Waals surface area contributed by atoms with E-state index in [-0.39, 0.29) is 11.6 Å². The van der Waals surface area contributed by atoms with Gasteiger partial charge in [0.05, 0.1) is 4.92 Å². The zero-order chi connectivity index (χ0) is 16.3. The molecule has 0 bridgehead atoms. The molecule has 0 saturated carbocycles. The Morgan fingerprint density at radius 3 is 2.74 bits per heavy atom. The summed E-state index contributed by atoms with van der Waals surface area (Å²) in [5, 5.41) is 14.2. The second-order valence-electron chi connectivity index (χ2n) is 6.73. The highest BCUT2D eigenvalue weighted by Gasteiger charge is 2.37. The number of amides is 1. The van der Waals surface area contributed by atoms with Crippen molar-refractivity contribution in [2.75, 3.05) is 26.2 Å². The second kappa shape index (κ2) is 6.66. The highest BCUT2D eigenvalue weighted by atomic mass is 16.6. The molecule has 6 nitrogen and oxygen atoms in total. The number of non-ortho nitro benzene ring substituents is 1. The summed E-state index contributed by atoms with van der Waals surface area (Å²) in [5.41, 5.74) is 1.35. The number of piperidine rings is 1. The van der Waals surface area contributed by atoms with Crippen molar-refractivity contribution in [1.29, 1.82) is 0 Å². The number of nitrogens with one attached hydrogen (secondary N) is 1. The van der Waals surface area contributed by atoms with Gasteiger partial charge in [-0.15, -0.1) is 0 Å². The molecular weight excluding hydrogens is 294 g/mol. The molecule has 124 valence electrons. The SMILES string of the molecule is O=C(CCc1cccc([N+](=O)[O-])c1)N1CCC2(CCNC2)CC1. The summed E-state index contributed by atoms with van der Waals surface area (Å²) in [6, 6.07) is 6.55. The number of carbonyl (C=O) groups excluding carboxylic acids is 1. The molecule has 1 N–H and O–H groups in total. The van der Waals surface area contributed by atoms with Crippen molar-refractivity contribution < 1.29 is 9.72 Å².